The molecule has 170 valence electrons. The highest BCUT2D eigenvalue weighted by atomic mass is 32.1. The van der Waals surface area contributed by atoms with Gasteiger partial charge in [-0.3, -0.25) is 0 Å². The number of benzene rings is 1. The first-order valence-corrected chi connectivity index (χ1v) is 12.1. The molecule has 4 rings (SSSR count). The predicted octanol–water partition coefficient (Wildman–Crippen LogP) is 4.48. The van der Waals surface area contributed by atoms with Crippen molar-refractivity contribution in [1.29, 1.82) is 0 Å². The first-order valence-electron chi connectivity index (χ1n) is 11.2. The van der Waals surface area contributed by atoms with Crippen molar-refractivity contribution in [2.75, 3.05) is 40.3 Å². The fourth-order valence-electron chi connectivity index (χ4n) is 4.04. The standard InChI is InChI=1S/C24H32N6OS/c1-5-16(13-18(6-2)27-24(31)30-11-9-28(3)10-12-30)17-7-8-19-20(14-17)32-22-21(19)26-15-29(4)23(22)25/h7-8,13-15,23H,5-6,9-12,25H2,1-4H3/b16-13+,27-18?. The molecule has 1 atom stereocenters. The number of piperazine rings is 1. The van der Waals surface area contributed by atoms with Crippen molar-refractivity contribution in [2.24, 2.45) is 15.7 Å². The van der Waals surface area contributed by atoms with Crippen LogP contribution in [0.15, 0.2) is 34.3 Å². The van der Waals surface area contributed by atoms with E-state index in [1.807, 2.05) is 23.8 Å². The van der Waals surface area contributed by atoms with Crippen LogP contribution in [0.2, 0.25) is 0 Å². The average molecular weight is 453 g/mol. The molecule has 8 heteroatoms. The summed E-state index contributed by atoms with van der Waals surface area (Å²) in [5.41, 5.74) is 10.5. The summed E-state index contributed by atoms with van der Waals surface area (Å²) in [5, 5.41) is 1.14. The van der Waals surface area contributed by atoms with Crippen LogP contribution in [0.4, 0.5) is 10.5 Å². The molecule has 2 aliphatic rings. The highest BCUT2D eigenvalue weighted by Gasteiger charge is 2.23. The number of hydrogen-bond donors (Lipinski definition) is 1. The molecule has 0 bridgehead atoms. The molecule has 1 aromatic heterocycles. The molecule has 1 saturated heterocycles. The van der Waals surface area contributed by atoms with E-state index in [1.165, 1.54) is 10.3 Å². The second-order valence-corrected chi connectivity index (χ2v) is 9.52. The molecule has 7 nitrogen and oxygen atoms in total. The van der Waals surface area contributed by atoms with Gasteiger partial charge in [-0.25, -0.2) is 9.79 Å². The van der Waals surface area contributed by atoms with Gasteiger partial charge < -0.3 is 20.4 Å². The number of fused-ring (bicyclic) bond motifs is 3. The quantitative estimate of drug-likeness (QED) is 0.694. The number of nitrogens with two attached hydrogens (primary N) is 1. The van der Waals surface area contributed by atoms with Gasteiger partial charge >= 0.3 is 6.03 Å². The van der Waals surface area contributed by atoms with Crippen LogP contribution in [-0.2, 0) is 0 Å². The Labute approximate surface area is 193 Å². The third kappa shape index (κ3) is 4.48. The summed E-state index contributed by atoms with van der Waals surface area (Å²) in [6.07, 6.45) is 5.29. The molecule has 2 N–H and O–H groups in total. The molecule has 2 aromatic rings. The fraction of sp³-hybridized carbons (Fsp3) is 0.458. The zero-order valence-electron chi connectivity index (χ0n) is 19.3. The van der Waals surface area contributed by atoms with Crippen molar-refractivity contribution in [3.8, 4) is 0 Å². The van der Waals surface area contributed by atoms with E-state index in [4.69, 9.17) is 5.73 Å². The fourth-order valence-corrected chi connectivity index (χ4v) is 5.28. The monoisotopic (exact) mass is 452 g/mol. The van der Waals surface area contributed by atoms with Crippen LogP contribution in [0.1, 0.15) is 43.3 Å². The number of rotatable bonds is 4. The molecule has 0 saturated carbocycles. The van der Waals surface area contributed by atoms with Crippen molar-refractivity contribution in [1.82, 2.24) is 14.7 Å². The largest absolute Gasteiger partial charge is 0.345 e. The Hall–Kier alpha value is -2.55. The lowest BCUT2D eigenvalue weighted by molar-refractivity contribution is 0.161. The molecule has 1 unspecified atom stereocenters. The second kappa shape index (κ2) is 9.52. The van der Waals surface area contributed by atoms with Crippen molar-refractivity contribution >= 4 is 50.8 Å². The van der Waals surface area contributed by atoms with E-state index in [0.29, 0.717) is 6.42 Å². The van der Waals surface area contributed by atoms with E-state index in [-0.39, 0.29) is 12.2 Å². The molecule has 32 heavy (non-hydrogen) atoms. The SMILES string of the molecule is CCC(/C=C(\CC)c1ccc2c3c(sc2c1)C(N)N(C)C=N3)=NC(=O)N1CCN(C)CC1. The van der Waals surface area contributed by atoms with E-state index in [9.17, 15) is 4.79 Å². The normalized spacial score (nSPS) is 20.2. The number of urea groups is 1. The smallest absolute Gasteiger partial charge is 0.343 e. The highest BCUT2D eigenvalue weighted by Crippen LogP contribution is 2.43. The zero-order chi connectivity index (χ0) is 22.8. The van der Waals surface area contributed by atoms with Gasteiger partial charge in [0.25, 0.3) is 0 Å². The molecule has 2 amide bonds. The molecule has 3 heterocycles. The van der Waals surface area contributed by atoms with Crippen LogP contribution in [0.5, 0.6) is 0 Å². The maximum atomic E-state index is 12.7. The summed E-state index contributed by atoms with van der Waals surface area (Å²) < 4.78 is 1.18. The Morgan fingerprint density at radius 2 is 1.97 bits per heavy atom. The van der Waals surface area contributed by atoms with Crippen LogP contribution >= 0.6 is 11.3 Å². The first-order chi connectivity index (χ1) is 15.4. The Bertz CT molecular complexity index is 1090. The molecule has 0 spiro atoms. The highest BCUT2D eigenvalue weighted by molar-refractivity contribution is 7.19. The van der Waals surface area contributed by atoms with Gasteiger partial charge in [-0.05, 0) is 43.2 Å². The molecule has 1 aromatic carbocycles. The summed E-state index contributed by atoms with van der Waals surface area (Å²) in [4.78, 5) is 28.9. The van der Waals surface area contributed by atoms with E-state index in [2.05, 4.69) is 53.1 Å². The molecule has 1 fully saturated rings. The van der Waals surface area contributed by atoms with Gasteiger partial charge in [0.1, 0.15) is 6.17 Å². The Morgan fingerprint density at radius 1 is 1.22 bits per heavy atom. The van der Waals surface area contributed by atoms with E-state index < -0.39 is 0 Å². The van der Waals surface area contributed by atoms with Crippen LogP contribution < -0.4 is 5.73 Å². The number of aliphatic imine (C=N–C) groups is 2. The van der Waals surface area contributed by atoms with Crippen LogP contribution in [0.3, 0.4) is 0 Å². The molecule has 0 aliphatic carbocycles. The summed E-state index contributed by atoms with van der Waals surface area (Å²) >= 11 is 1.71. The zero-order valence-corrected chi connectivity index (χ0v) is 20.2. The third-order valence-corrected chi connectivity index (χ3v) is 7.45. The second-order valence-electron chi connectivity index (χ2n) is 8.43. The van der Waals surface area contributed by atoms with Gasteiger partial charge in [0.15, 0.2) is 0 Å². The van der Waals surface area contributed by atoms with Crippen molar-refractivity contribution in [2.45, 2.75) is 32.9 Å². The van der Waals surface area contributed by atoms with Gasteiger partial charge in [-0.2, -0.15) is 4.99 Å². The average Bonchev–Trinajstić information content (AvgIpc) is 3.17. The summed E-state index contributed by atoms with van der Waals surface area (Å²) in [5.74, 6) is 0. The van der Waals surface area contributed by atoms with Crippen LogP contribution in [-0.4, -0.2) is 73.1 Å². The van der Waals surface area contributed by atoms with Gasteiger partial charge in [0, 0.05) is 49.0 Å². The van der Waals surface area contributed by atoms with Crippen molar-refractivity contribution in [3.63, 3.8) is 0 Å². The lowest BCUT2D eigenvalue weighted by Gasteiger charge is -2.31. The minimum atomic E-state index is -0.163. The van der Waals surface area contributed by atoms with E-state index in [1.54, 1.807) is 17.7 Å². The number of likely N-dealkylation sites (N-methyl/N-ethyl adjacent to an activating group) is 1. The molecular weight excluding hydrogens is 420 g/mol. The lowest BCUT2D eigenvalue weighted by Crippen LogP contribution is -2.46. The van der Waals surface area contributed by atoms with Gasteiger partial charge in [-0.15, -0.1) is 11.3 Å². The predicted molar refractivity (Wildman–Crippen MR) is 135 cm³/mol. The third-order valence-electron chi connectivity index (χ3n) is 6.23. The molecule has 0 radical (unpaired) electrons. The number of carbonyl (C=O) groups excluding carboxylic acids is 1. The number of amides is 2. The first kappa shape index (κ1) is 22.6. The maximum absolute atomic E-state index is 12.7. The van der Waals surface area contributed by atoms with Crippen molar-refractivity contribution in [3.05, 3.63) is 34.7 Å². The Morgan fingerprint density at radius 3 is 2.66 bits per heavy atom. The number of allylic oxidation sites excluding steroid dienone is 2. The van der Waals surface area contributed by atoms with Crippen LogP contribution in [0, 0.1) is 0 Å². The number of nitrogens with zero attached hydrogens (tertiary/aromatic N) is 5. The topological polar surface area (TPSA) is 77.5 Å². The number of hydrogen-bond acceptors (Lipinski definition) is 6. The minimum Gasteiger partial charge on any atom is -0.345 e. The number of thiophene rings is 1. The van der Waals surface area contributed by atoms with Crippen LogP contribution in [0.25, 0.3) is 15.7 Å². The Kier molecular flexibility index (Phi) is 6.74. The minimum absolute atomic E-state index is 0.126. The summed E-state index contributed by atoms with van der Waals surface area (Å²) in [6.45, 7) is 7.45. The molecular formula is C24H32N6OS. The summed E-state index contributed by atoms with van der Waals surface area (Å²) in [6, 6.07) is 6.36. The van der Waals surface area contributed by atoms with Gasteiger partial charge in [0.05, 0.1) is 16.9 Å². The van der Waals surface area contributed by atoms with E-state index >= 15 is 0 Å². The van der Waals surface area contributed by atoms with Gasteiger partial charge in [0.2, 0.25) is 0 Å². The number of carbonyl (C=O) groups is 1. The van der Waals surface area contributed by atoms with Gasteiger partial charge in [-0.1, -0.05) is 26.0 Å². The summed E-state index contributed by atoms with van der Waals surface area (Å²) in [7, 11) is 4.03. The maximum Gasteiger partial charge on any atom is 0.343 e. The Balaban J connectivity index is 1.62. The van der Waals surface area contributed by atoms with E-state index in [0.717, 1.165) is 59.8 Å². The molecule has 2 aliphatic heterocycles. The lowest BCUT2D eigenvalue weighted by atomic mass is 10.00. The van der Waals surface area contributed by atoms with Crippen molar-refractivity contribution < 1.29 is 4.79 Å².